The fourth-order valence-electron chi connectivity index (χ4n) is 3.37. The van der Waals surface area contributed by atoms with Crippen LogP contribution >= 0.6 is 11.6 Å². The largest absolute Gasteiger partial charge is 0.356 e. The van der Waals surface area contributed by atoms with Crippen LogP contribution < -0.4 is 4.90 Å². The van der Waals surface area contributed by atoms with Gasteiger partial charge >= 0.3 is 0 Å². The second-order valence-electron chi connectivity index (χ2n) is 6.69. The van der Waals surface area contributed by atoms with E-state index in [1.165, 1.54) is 11.1 Å². The van der Waals surface area contributed by atoms with E-state index in [2.05, 4.69) is 49.9 Å². The van der Waals surface area contributed by atoms with Crippen LogP contribution in [0.15, 0.2) is 36.4 Å². The molecule has 26 heavy (non-hydrogen) atoms. The molecule has 0 atom stereocenters. The average molecular weight is 368 g/mol. The van der Waals surface area contributed by atoms with E-state index >= 15 is 0 Å². The molecule has 4 heteroatoms. The van der Waals surface area contributed by atoms with Crippen LogP contribution in [-0.2, 0) is 0 Å². The zero-order valence-corrected chi connectivity index (χ0v) is 16.8. The lowest BCUT2D eigenvalue weighted by molar-refractivity contribution is 0.724. The van der Waals surface area contributed by atoms with Gasteiger partial charge in [0.25, 0.3) is 0 Å². The highest BCUT2D eigenvalue weighted by Gasteiger charge is 2.17. The van der Waals surface area contributed by atoms with Crippen molar-refractivity contribution in [1.82, 2.24) is 9.97 Å². The van der Waals surface area contributed by atoms with Gasteiger partial charge in [-0.2, -0.15) is 0 Å². The van der Waals surface area contributed by atoms with Gasteiger partial charge in [-0.25, -0.2) is 9.97 Å². The van der Waals surface area contributed by atoms with Crippen molar-refractivity contribution in [1.29, 1.82) is 0 Å². The zero-order valence-electron chi connectivity index (χ0n) is 16.0. The zero-order chi connectivity index (χ0) is 18.7. The van der Waals surface area contributed by atoms with Crippen molar-refractivity contribution >= 4 is 28.3 Å². The summed E-state index contributed by atoms with van der Waals surface area (Å²) in [4.78, 5) is 11.9. The number of unbranched alkanes of at least 4 members (excludes halogenated alkanes) is 1. The third-order valence-corrected chi connectivity index (χ3v) is 4.97. The van der Waals surface area contributed by atoms with Gasteiger partial charge in [-0.05, 0) is 50.5 Å². The Bertz CT molecular complexity index is 921. The average Bonchev–Trinajstić information content (AvgIpc) is 2.62. The lowest BCUT2D eigenvalue weighted by Crippen LogP contribution is -2.25. The minimum Gasteiger partial charge on any atom is -0.356 e. The van der Waals surface area contributed by atoms with Crippen LogP contribution in [0.4, 0.5) is 5.82 Å². The van der Waals surface area contributed by atoms with E-state index in [1.807, 2.05) is 19.1 Å². The minimum absolute atomic E-state index is 0.719. The Morgan fingerprint density at radius 2 is 1.77 bits per heavy atom. The van der Waals surface area contributed by atoms with Gasteiger partial charge in [-0.1, -0.05) is 49.2 Å². The summed E-state index contributed by atoms with van der Waals surface area (Å²) in [5.41, 5.74) is 4.43. The van der Waals surface area contributed by atoms with Crippen molar-refractivity contribution in [3.05, 3.63) is 52.8 Å². The number of aryl methyl sites for hydroxylation is 2. The van der Waals surface area contributed by atoms with Crippen molar-refractivity contribution in [3.63, 3.8) is 0 Å². The molecule has 2 aromatic carbocycles. The molecule has 0 saturated carbocycles. The van der Waals surface area contributed by atoms with E-state index in [0.29, 0.717) is 0 Å². The maximum atomic E-state index is 6.52. The predicted molar refractivity (Wildman–Crippen MR) is 112 cm³/mol. The van der Waals surface area contributed by atoms with Crippen molar-refractivity contribution in [2.75, 3.05) is 18.0 Å². The molecule has 0 amide bonds. The highest BCUT2D eigenvalue weighted by atomic mass is 35.5. The third kappa shape index (κ3) is 3.68. The quantitative estimate of drug-likeness (QED) is 0.519. The van der Waals surface area contributed by atoms with Gasteiger partial charge in [0, 0.05) is 29.1 Å². The van der Waals surface area contributed by atoms with Crippen molar-refractivity contribution in [3.8, 4) is 11.1 Å². The summed E-state index contributed by atoms with van der Waals surface area (Å²) in [6.45, 7) is 10.4. The first-order valence-corrected chi connectivity index (χ1v) is 9.71. The second kappa shape index (κ2) is 8.05. The number of rotatable bonds is 6. The van der Waals surface area contributed by atoms with Gasteiger partial charge in [-0.3, -0.25) is 0 Å². The molecule has 0 N–H and O–H groups in total. The molecule has 0 radical (unpaired) electrons. The van der Waals surface area contributed by atoms with E-state index in [4.69, 9.17) is 21.6 Å². The highest BCUT2D eigenvalue weighted by Crippen LogP contribution is 2.36. The maximum Gasteiger partial charge on any atom is 0.140 e. The van der Waals surface area contributed by atoms with E-state index in [1.54, 1.807) is 0 Å². The molecular weight excluding hydrogens is 342 g/mol. The SMILES string of the molecule is CCCCN(CC)c1nc(C)nc2c(-c3ccccc3C)cc(Cl)cc12. The highest BCUT2D eigenvalue weighted by molar-refractivity contribution is 6.32. The van der Waals surface area contributed by atoms with Crippen LogP contribution in [0, 0.1) is 13.8 Å². The fraction of sp³-hybridized carbons (Fsp3) is 0.364. The normalized spacial score (nSPS) is 11.1. The van der Waals surface area contributed by atoms with Crippen LogP contribution in [0.1, 0.15) is 38.1 Å². The molecule has 3 aromatic rings. The molecule has 3 nitrogen and oxygen atoms in total. The van der Waals surface area contributed by atoms with Crippen LogP contribution in [0.5, 0.6) is 0 Å². The molecular formula is C22H26ClN3. The van der Waals surface area contributed by atoms with Gasteiger partial charge in [0.05, 0.1) is 5.52 Å². The number of hydrogen-bond acceptors (Lipinski definition) is 3. The Labute approximate surface area is 161 Å². The molecule has 0 unspecified atom stereocenters. The van der Waals surface area contributed by atoms with Gasteiger partial charge in [0.1, 0.15) is 11.6 Å². The summed E-state index contributed by atoms with van der Waals surface area (Å²) in [5.74, 6) is 1.78. The minimum atomic E-state index is 0.719. The first kappa shape index (κ1) is 18.7. The smallest absolute Gasteiger partial charge is 0.140 e. The number of aromatic nitrogens is 2. The maximum absolute atomic E-state index is 6.52. The van der Waals surface area contributed by atoms with Crippen molar-refractivity contribution in [2.45, 2.75) is 40.5 Å². The molecule has 0 bridgehead atoms. The first-order valence-electron chi connectivity index (χ1n) is 9.34. The molecule has 0 aliphatic heterocycles. The Hall–Kier alpha value is -2.13. The molecule has 136 valence electrons. The number of nitrogens with zero attached hydrogens (tertiary/aromatic N) is 3. The van der Waals surface area contributed by atoms with E-state index in [0.717, 1.165) is 59.1 Å². The third-order valence-electron chi connectivity index (χ3n) is 4.75. The molecule has 0 saturated heterocycles. The number of fused-ring (bicyclic) bond motifs is 1. The first-order chi connectivity index (χ1) is 12.5. The lowest BCUT2D eigenvalue weighted by atomic mass is 9.98. The topological polar surface area (TPSA) is 29.0 Å². The molecule has 1 heterocycles. The predicted octanol–water partition coefficient (Wildman–Crippen LogP) is 6.19. The Balaban J connectivity index is 2.28. The number of anilines is 1. The summed E-state index contributed by atoms with van der Waals surface area (Å²) in [7, 11) is 0. The summed E-state index contributed by atoms with van der Waals surface area (Å²) in [5, 5.41) is 1.75. The molecule has 0 spiro atoms. The number of benzene rings is 2. The van der Waals surface area contributed by atoms with Crippen LogP contribution in [0.2, 0.25) is 5.02 Å². The standard InChI is InChI=1S/C22H26ClN3/c1-5-7-12-26(6-2)22-20-14-17(23)13-19(21(20)24-16(4)25-22)18-11-9-8-10-15(18)3/h8-11,13-14H,5-7,12H2,1-4H3. The number of halogens is 1. The van der Waals surface area contributed by atoms with Crippen LogP contribution in [0.3, 0.4) is 0 Å². The van der Waals surface area contributed by atoms with Gasteiger partial charge < -0.3 is 4.90 Å². The van der Waals surface area contributed by atoms with Gasteiger partial charge in [0.2, 0.25) is 0 Å². The summed E-state index contributed by atoms with van der Waals surface area (Å²) in [6, 6.07) is 12.4. The van der Waals surface area contributed by atoms with Crippen LogP contribution in [0.25, 0.3) is 22.0 Å². The summed E-state index contributed by atoms with van der Waals surface area (Å²) >= 11 is 6.52. The van der Waals surface area contributed by atoms with E-state index in [9.17, 15) is 0 Å². The van der Waals surface area contributed by atoms with E-state index in [-0.39, 0.29) is 0 Å². The molecule has 0 aliphatic carbocycles. The molecule has 1 aromatic heterocycles. The fourth-order valence-corrected chi connectivity index (χ4v) is 3.59. The summed E-state index contributed by atoms with van der Waals surface area (Å²) < 4.78 is 0. The molecule has 3 rings (SSSR count). The van der Waals surface area contributed by atoms with Crippen molar-refractivity contribution in [2.24, 2.45) is 0 Å². The second-order valence-corrected chi connectivity index (χ2v) is 7.13. The molecule has 0 aliphatic rings. The van der Waals surface area contributed by atoms with E-state index < -0.39 is 0 Å². The van der Waals surface area contributed by atoms with Crippen molar-refractivity contribution < 1.29 is 0 Å². The lowest BCUT2D eigenvalue weighted by Gasteiger charge is -2.24. The monoisotopic (exact) mass is 367 g/mol. The van der Waals surface area contributed by atoms with Gasteiger partial charge in [0.15, 0.2) is 0 Å². The Kier molecular flexibility index (Phi) is 5.77. The summed E-state index contributed by atoms with van der Waals surface area (Å²) in [6.07, 6.45) is 2.30. The molecule has 0 fully saturated rings. The van der Waals surface area contributed by atoms with Gasteiger partial charge in [-0.15, -0.1) is 0 Å². The Morgan fingerprint density at radius 3 is 2.46 bits per heavy atom. The number of hydrogen-bond donors (Lipinski definition) is 0. The van der Waals surface area contributed by atoms with Crippen LogP contribution in [-0.4, -0.2) is 23.1 Å². The Morgan fingerprint density at radius 1 is 1.00 bits per heavy atom.